The molecule has 2 aromatic carbocycles. The number of ether oxygens (including phenoxy) is 2. The molecule has 0 aliphatic carbocycles. The average molecular weight is 1140 g/mol. The van der Waals surface area contributed by atoms with Gasteiger partial charge >= 0.3 is 6.03 Å². The van der Waals surface area contributed by atoms with E-state index in [1.807, 2.05) is 114 Å². The predicted molar refractivity (Wildman–Crippen MR) is 311 cm³/mol. The molecule has 450 valence electrons. The number of hydroxylamine groups is 2. The number of rotatable bonds is 29. The first kappa shape index (κ1) is 64.5. The van der Waals surface area contributed by atoms with E-state index in [0.29, 0.717) is 45.4 Å². The highest BCUT2D eigenvalue weighted by molar-refractivity contribution is 6.12. The summed E-state index contributed by atoms with van der Waals surface area (Å²) in [6.45, 7) is 14.9. The van der Waals surface area contributed by atoms with Crippen molar-refractivity contribution in [3.63, 3.8) is 0 Å². The van der Waals surface area contributed by atoms with Crippen molar-refractivity contribution >= 4 is 58.3 Å². The molecule has 10 atom stereocenters. The average Bonchev–Trinajstić information content (AvgIpc) is 4.32. The van der Waals surface area contributed by atoms with Crippen LogP contribution in [0, 0.1) is 23.7 Å². The van der Waals surface area contributed by atoms with E-state index in [4.69, 9.17) is 14.3 Å². The number of amides is 9. The van der Waals surface area contributed by atoms with Crippen LogP contribution in [-0.4, -0.2) is 193 Å². The highest BCUT2D eigenvalue weighted by atomic mass is 16.7. The summed E-state index contributed by atoms with van der Waals surface area (Å²) >= 11 is 0. The number of para-hydroxylation sites is 1. The number of hydrogen-bond donors (Lipinski definition) is 5. The minimum absolute atomic E-state index is 0.0125. The Labute approximate surface area is 483 Å². The lowest BCUT2D eigenvalue weighted by Gasteiger charge is -2.41. The minimum atomic E-state index is -0.955. The van der Waals surface area contributed by atoms with Crippen molar-refractivity contribution in [2.75, 3.05) is 67.6 Å². The Morgan fingerprint density at radius 3 is 2.13 bits per heavy atom. The molecule has 9 unspecified atom stereocenters. The van der Waals surface area contributed by atoms with E-state index < -0.39 is 72.2 Å². The summed E-state index contributed by atoms with van der Waals surface area (Å²) in [6.07, 6.45) is 6.91. The number of benzene rings is 2. The fourth-order valence-corrected chi connectivity index (χ4v) is 11.9. The molecule has 0 spiro atoms. The van der Waals surface area contributed by atoms with Crippen LogP contribution < -0.4 is 21.3 Å². The van der Waals surface area contributed by atoms with Gasteiger partial charge in [0.2, 0.25) is 23.6 Å². The molecule has 4 heterocycles. The second-order valence-electron chi connectivity index (χ2n) is 23.0. The van der Waals surface area contributed by atoms with Crippen molar-refractivity contribution in [1.82, 2.24) is 50.9 Å². The van der Waals surface area contributed by atoms with Crippen LogP contribution in [0.4, 0.5) is 4.79 Å². The van der Waals surface area contributed by atoms with Crippen molar-refractivity contribution in [2.24, 2.45) is 23.7 Å². The third kappa shape index (κ3) is 16.5. The number of hydrogen-bond acceptors (Lipinski definition) is 12. The number of nitrogens with one attached hydrogen (secondary N) is 5. The number of imide groups is 1. The third-order valence-corrected chi connectivity index (χ3v) is 16.5. The van der Waals surface area contributed by atoms with E-state index in [1.165, 1.54) is 31.4 Å². The normalized spacial score (nSPS) is 19.0. The van der Waals surface area contributed by atoms with Gasteiger partial charge in [-0.1, -0.05) is 103 Å². The largest absolute Gasteiger partial charge is 0.379 e. The zero-order chi connectivity index (χ0) is 59.8. The first-order valence-corrected chi connectivity index (χ1v) is 29.2. The number of fused-ring (bicyclic) bond motifs is 1. The molecule has 2 fully saturated rings. The summed E-state index contributed by atoms with van der Waals surface area (Å²) in [6, 6.07) is 12.8. The summed E-state index contributed by atoms with van der Waals surface area (Å²) in [5.74, 6) is -3.99. The molecule has 3 aliphatic heterocycles. The van der Waals surface area contributed by atoms with E-state index in [0.717, 1.165) is 39.8 Å². The Balaban J connectivity index is 1.12. The lowest BCUT2D eigenvalue weighted by molar-refractivity contribution is -0.199. The number of methoxy groups -OCH3 is 2. The Morgan fingerprint density at radius 1 is 0.805 bits per heavy atom. The number of carbonyl (C=O) groups is 8. The van der Waals surface area contributed by atoms with Gasteiger partial charge in [0.1, 0.15) is 12.1 Å². The summed E-state index contributed by atoms with van der Waals surface area (Å²) in [4.78, 5) is 126. The van der Waals surface area contributed by atoms with Crippen molar-refractivity contribution in [1.29, 1.82) is 0 Å². The van der Waals surface area contributed by atoms with E-state index in [9.17, 15) is 38.4 Å². The van der Waals surface area contributed by atoms with Crippen LogP contribution in [0.5, 0.6) is 0 Å². The van der Waals surface area contributed by atoms with Crippen LogP contribution >= 0.6 is 0 Å². The number of urea groups is 1. The standard InChI is InChI=1S/C61H90N10O11/c1-12-40(6)55(68(9)60(78)53(38(2)3)66-58(76)54(39(4)5)67(8)37-44(33-42-21-14-13-15-22-42)64-61(79)62-28-31-70-50(72)26-27-51(70)73)49(80-10)35-52(74)69-29-20-25-48(69)56(81-11)41(7)57(75)65-47(59(77)71-30-18-19-32-82-71)34-43-36-63-46-24-17-16-23-45(43)46/h13-17,21-24,26-27,36,38-41,44,47-49,53-56,63H,12,18-20,25,28-35,37H2,1-11H3,(H,65,75)(H,66,76)(H2,62,64,79)/t40?,41?,44?,47?,48-,49?,53?,54?,55?,56?/m0/s1. The summed E-state index contributed by atoms with van der Waals surface area (Å²) < 4.78 is 12.3. The Kier molecular flexibility index (Phi) is 24.0. The van der Waals surface area contributed by atoms with Gasteiger partial charge in [0.25, 0.3) is 17.7 Å². The van der Waals surface area contributed by atoms with Gasteiger partial charge in [-0.3, -0.25) is 48.2 Å². The number of H-pyrrole nitrogens is 1. The van der Waals surface area contributed by atoms with E-state index in [2.05, 4.69) is 26.3 Å². The SMILES string of the molecule is CCC(C)C(C(CC(=O)N1CCC[C@H]1C(OC)C(C)C(=O)NC(Cc1c[nH]c2ccccc12)C(=O)N1CCCCO1)OC)N(C)C(=O)C(NC(=O)C(C(C)C)N(C)CC(Cc1ccccc1)NC(=O)NCCN1C(=O)C=CC1=O)C(C)C. The Hall–Kier alpha value is -6.68. The third-order valence-electron chi connectivity index (χ3n) is 16.5. The fourth-order valence-electron chi connectivity index (χ4n) is 11.9. The molecule has 3 aromatic rings. The number of likely N-dealkylation sites (tertiary alicyclic amines) is 1. The lowest BCUT2D eigenvalue weighted by atomic mass is 9.89. The van der Waals surface area contributed by atoms with Gasteiger partial charge < -0.3 is 45.5 Å². The Bertz CT molecular complexity index is 2660. The van der Waals surface area contributed by atoms with Crippen LogP contribution in [0.25, 0.3) is 10.9 Å². The highest BCUT2D eigenvalue weighted by Crippen LogP contribution is 2.31. The van der Waals surface area contributed by atoms with Crippen LogP contribution in [-0.2, 0) is 60.7 Å². The molecule has 1 aromatic heterocycles. The maximum atomic E-state index is 15.0. The zero-order valence-corrected chi connectivity index (χ0v) is 50.0. The number of carbonyl (C=O) groups excluding carboxylic acids is 8. The quantitative estimate of drug-likeness (QED) is 0.0599. The van der Waals surface area contributed by atoms with Gasteiger partial charge in [0.05, 0.1) is 49.3 Å². The molecule has 3 aliphatic rings. The molecule has 0 saturated carbocycles. The number of aromatic nitrogens is 1. The minimum Gasteiger partial charge on any atom is -0.379 e. The van der Waals surface area contributed by atoms with Gasteiger partial charge in [0, 0.05) is 95.7 Å². The zero-order valence-electron chi connectivity index (χ0n) is 50.0. The molecule has 2 saturated heterocycles. The number of nitrogens with zero attached hydrogens (tertiary/aromatic N) is 5. The monoisotopic (exact) mass is 1140 g/mol. The maximum Gasteiger partial charge on any atom is 0.315 e. The molecule has 6 rings (SSSR count). The molecule has 9 amide bonds. The van der Waals surface area contributed by atoms with Gasteiger partial charge in [-0.2, -0.15) is 0 Å². The van der Waals surface area contributed by atoms with Crippen LogP contribution in [0.1, 0.15) is 98.1 Å². The highest BCUT2D eigenvalue weighted by Gasteiger charge is 2.44. The summed E-state index contributed by atoms with van der Waals surface area (Å²) in [5.41, 5.74) is 2.76. The first-order chi connectivity index (χ1) is 39.2. The van der Waals surface area contributed by atoms with E-state index >= 15 is 0 Å². The molecule has 21 nitrogen and oxygen atoms in total. The first-order valence-electron chi connectivity index (χ1n) is 29.2. The molecular weight excluding hydrogens is 1050 g/mol. The second kappa shape index (κ2) is 30.6. The van der Waals surface area contributed by atoms with Crippen LogP contribution in [0.3, 0.4) is 0 Å². The van der Waals surface area contributed by atoms with Crippen LogP contribution in [0.2, 0.25) is 0 Å². The van der Waals surface area contributed by atoms with Gasteiger partial charge in [0.15, 0.2) is 0 Å². The fraction of sp³-hybridized carbons (Fsp3) is 0.607. The number of likely N-dealkylation sites (N-methyl/N-ethyl adjacent to an activating group) is 2. The molecule has 5 N–H and O–H groups in total. The molecule has 0 bridgehead atoms. The van der Waals surface area contributed by atoms with Crippen molar-refractivity contribution in [3.05, 3.63) is 84.1 Å². The molecule has 82 heavy (non-hydrogen) atoms. The van der Waals surface area contributed by atoms with Gasteiger partial charge in [-0.15, -0.1) is 0 Å². The van der Waals surface area contributed by atoms with Crippen molar-refractivity contribution < 1.29 is 52.7 Å². The number of aromatic amines is 1. The molecule has 21 heteroatoms. The van der Waals surface area contributed by atoms with Gasteiger partial charge in [-0.25, -0.2) is 9.86 Å². The lowest BCUT2D eigenvalue weighted by Crippen LogP contribution is -2.60. The summed E-state index contributed by atoms with van der Waals surface area (Å²) in [7, 11) is 6.57. The van der Waals surface area contributed by atoms with Crippen molar-refractivity contribution in [3.8, 4) is 0 Å². The topological polar surface area (TPSA) is 244 Å². The van der Waals surface area contributed by atoms with E-state index in [1.54, 1.807) is 23.8 Å². The second-order valence-corrected chi connectivity index (χ2v) is 23.0. The van der Waals surface area contributed by atoms with E-state index in [-0.39, 0.29) is 79.8 Å². The molecular formula is C61H90N10O11. The molecule has 0 radical (unpaired) electrons. The maximum absolute atomic E-state index is 15.0. The van der Waals surface area contributed by atoms with Crippen molar-refractivity contribution in [2.45, 2.75) is 148 Å². The summed E-state index contributed by atoms with van der Waals surface area (Å²) in [5, 5.41) is 14.2. The predicted octanol–water partition coefficient (Wildman–Crippen LogP) is 4.60. The Morgan fingerprint density at radius 2 is 1.50 bits per heavy atom. The van der Waals surface area contributed by atoms with Gasteiger partial charge in [-0.05, 0) is 74.1 Å². The van der Waals surface area contributed by atoms with Crippen LogP contribution in [0.15, 0.2) is 72.9 Å². The smallest absolute Gasteiger partial charge is 0.315 e.